The largest absolute Gasteiger partial charge is 0.471 e. The molecule has 0 amide bonds. The average molecular weight is 558 g/mol. The summed E-state index contributed by atoms with van der Waals surface area (Å²) in [7, 11) is 1.31. The van der Waals surface area contributed by atoms with Crippen molar-refractivity contribution in [1.82, 2.24) is 9.55 Å². The molecule has 0 spiro atoms. The quantitative estimate of drug-likeness (QED) is 0.259. The molecule has 0 radical (unpaired) electrons. The Hall–Kier alpha value is -2.20. The first-order valence-corrected chi connectivity index (χ1v) is 12.7. The van der Waals surface area contributed by atoms with E-state index in [0.717, 1.165) is 16.9 Å². The Morgan fingerprint density at radius 1 is 1.24 bits per heavy atom. The number of ether oxygens (including phenoxy) is 1. The van der Waals surface area contributed by atoms with Crippen LogP contribution in [0.5, 0.6) is 0 Å². The molecule has 1 atom stereocenters. The van der Waals surface area contributed by atoms with Gasteiger partial charge in [0.1, 0.15) is 5.82 Å². The smallest absolute Gasteiger partial charge is 0.417 e. The van der Waals surface area contributed by atoms with Crippen molar-refractivity contribution in [3.05, 3.63) is 51.8 Å². The van der Waals surface area contributed by atoms with Gasteiger partial charge in [0.2, 0.25) is 0 Å². The average Bonchev–Trinajstić information content (AvgIpc) is 3.14. The highest BCUT2D eigenvalue weighted by atomic mass is 79.9. The van der Waals surface area contributed by atoms with Gasteiger partial charge in [0.05, 0.1) is 29.7 Å². The minimum Gasteiger partial charge on any atom is -0.471 e. The highest BCUT2D eigenvalue weighted by Crippen LogP contribution is 2.42. The van der Waals surface area contributed by atoms with E-state index >= 15 is 0 Å². The third-order valence-electron chi connectivity index (χ3n) is 5.77. The number of rotatable bonds is 4. The molecule has 1 aromatic heterocycles. The van der Waals surface area contributed by atoms with Gasteiger partial charge in [-0.05, 0) is 55.0 Å². The van der Waals surface area contributed by atoms with Crippen molar-refractivity contribution < 1.29 is 22.7 Å². The number of alkyl halides is 3. The summed E-state index contributed by atoms with van der Waals surface area (Å²) in [5.74, 6) is 1.10. The number of benzene rings is 2. The van der Waals surface area contributed by atoms with Crippen molar-refractivity contribution in [3.63, 3.8) is 0 Å². The molecule has 0 aliphatic carbocycles. The van der Waals surface area contributed by atoms with E-state index in [1.807, 2.05) is 0 Å². The molecule has 1 unspecified atom stereocenters. The summed E-state index contributed by atoms with van der Waals surface area (Å²) in [6.07, 6.45) is -2.34. The number of methoxy groups -OCH3 is 1. The predicted octanol–water partition coefficient (Wildman–Crippen LogP) is 6.85. The Kier molecular flexibility index (Phi) is 8.23. The van der Waals surface area contributed by atoms with Crippen molar-refractivity contribution in [3.8, 4) is 0 Å². The van der Waals surface area contributed by atoms with E-state index in [2.05, 4.69) is 69.3 Å². The number of nitrogens with zero attached hydrogens (tertiary/aromatic N) is 3. The van der Waals surface area contributed by atoms with E-state index in [1.165, 1.54) is 29.7 Å². The van der Waals surface area contributed by atoms with E-state index < -0.39 is 11.7 Å². The lowest BCUT2D eigenvalue weighted by molar-refractivity contribution is -0.138. The number of carbonyl (C=O) groups is 1. The van der Waals surface area contributed by atoms with E-state index in [4.69, 9.17) is 9.78 Å². The standard InChI is InChI=1S/C22H23BrF3N3S.C2H4O2/c1-12(2)20-21-27-17-9-13(3)19(30-4)11-18(17)29(21)8-7-28(20)14-5-6-16(23)15(10-14)22(24,25)26;1-4-2-3/h5-6,9-12,20H,7-8H2,1-4H3;2H,1H3. The Morgan fingerprint density at radius 2 is 1.91 bits per heavy atom. The van der Waals surface area contributed by atoms with E-state index in [-0.39, 0.29) is 16.4 Å². The van der Waals surface area contributed by atoms with Crippen LogP contribution in [0, 0.1) is 12.8 Å². The summed E-state index contributed by atoms with van der Waals surface area (Å²) >= 11 is 4.76. The molecule has 1 aliphatic heterocycles. The topological polar surface area (TPSA) is 47.4 Å². The van der Waals surface area contributed by atoms with Gasteiger partial charge in [-0.3, -0.25) is 4.79 Å². The molecule has 2 heterocycles. The van der Waals surface area contributed by atoms with Crippen LogP contribution in [-0.4, -0.2) is 35.9 Å². The number of hydrogen-bond donors (Lipinski definition) is 0. The molecule has 0 N–H and O–H groups in total. The van der Waals surface area contributed by atoms with Gasteiger partial charge in [-0.2, -0.15) is 13.2 Å². The molecule has 184 valence electrons. The van der Waals surface area contributed by atoms with Gasteiger partial charge in [0.25, 0.3) is 6.47 Å². The van der Waals surface area contributed by atoms with Crippen LogP contribution >= 0.6 is 27.7 Å². The first kappa shape index (κ1) is 26.4. The Bertz CT molecular complexity index is 1180. The molecule has 4 rings (SSSR count). The van der Waals surface area contributed by atoms with Gasteiger partial charge in [0.15, 0.2) is 0 Å². The lowest BCUT2D eigenvalue weighted by atomic mass is 9.98. The number of carbonyl (C=O) groups excluding carboxylic acids is 1. The number of fused-ring (bicyclic) bond motifs is 3. The fourth-order valence-corrected chi connectivity index (χ4v) is 5.38. The monoisotopic (exact) mass is 557 g/mol. The molecule has 5 nitrogen and oxygen atoms in total. The van der Waals surface area contributed by atoms with E-state index in [1.54, 1.807) is 17.8 Å². The number of hydrogen-bond acceptors (Lipinski definition) is 5. The van der Waals surface area contributed by atoms with E-state index in [9.17, 15) is 13.2 Å². The van der Waals surface area contributed by atoms with Crippen LogP contribution in [0.1, 0.15) is 36.8 Å². The van der Waals surface area contributed by atoms with Crippen LogP contribution in [-0.2, 0) is 22.3 Å². The summed E-state index contributed by atoms with van der Waals surface area (Å²) in [6, 6.07) is 8.67. The number of aryl methyl sites for hydroxylation is 1. The summed E-state index contributed by atoms with van der Waals surface area (Å²) in [5, 5.41) is 0. The maximum Gasteiger partial charge on any atom is 0.417 e. The van der Waals surface area contributed by atoms with Gasteiger partial charge in [-0.25, -0.2) is 4.98 Å². The zero-order valence-electron chi connectivity index (χ0n) is 19.6. The number of aromatic nitrogens is 2. The van der Waals surface area contributed by atoms with Gasteiger partial charge in [0, 0.05) is 28.1 Å². The number of halogens is 4. The van der Waals surface area contributed by atoms with Gasteiger partial charge in [-0.1, -0.05) is 29.8 Å². The van der Waals surface area contributed by atoms with Crippen molar-refractivity contribution in [2.75, 3.05) is 24.8 Å². The molecule has 0 bridgehead atoms. The normalized spacial score (nSPS) is 15.7. The van der Waals surface area contributed by atoms with Crippen LogP contribution in [0.2, 0.25) is 0 Å². The third kappa shape index (κ3) is 5.22. The third-order valence-corrected chi connectivity index (χ3v) is 7.35. The molecular weight excluding hydrogens is 531 g/mol. The van der Waals surface area contributed by atoms with Gasteiger partial charge in [-0.15, -0.1) is 11.8 Å². The zero-order chi connectivity index (χ0) is 25.2. The molecule has 2 aromatic carbocycles. The summed E-state index contributed by atoms with van der Waals surface area (Å²) in [5.41, 5.74) is 3.15. The van der Waals surface area contributed by atoms with Crippen LogP contribution in [0.15, 0.2) is 39.7 Å². The number of anilines is 1. The van der Waals surface area contributed by atoms with Crippen molar-refractivity contribution in [2.24, 2.45) is 5.92 Å². The Balaban J connectivity index is 0.000000751. The summed E-state index contributed by atoms with van der Waals surface area (Å²) in [4.78, 5) is 17.2. The van der Waals surface area contributed by atoms with Crippen LogP contribution in [0.4, 0.5) is 18.9 Å². The first-order valence-electron chi connectivity index (χ1n) is 10.7. The minimum atomic E-state index is -4.41. The predicted molar refractivity (Wildman–Crippen MR) is 133 cm³/mol. The fraction of sp³-hybridized carbons (Fsp3) is 0.417. The maximum absolute atomic E-state index is 13.5. The first-order chi connectivity index (χ1) is 16.0. The minimum absolute atomic E-state index is 0.0594. The van der Waals surface area contributed by atoms with Crippen molar-refractivity contribution in [2.45, 2.75) is 44.4 Å². The Morgan fingerprint density at radius 3 is 2.47 bits per heavy atom. The molecule has 10 heteroatoms. The summed E-state index contributed by atoms with van der Waals surface area (Å²) in [6.45, 7) is 7.95. The molecular formula is C24H27BrF3N3O2S. The second-order valence-electron chi connectivity index (χ2n) is 8.31. The zero-order valence-corrected chi connectivity index (χ0v) is 22.0. The van der Waals surface area contributed by atoms with E-state index in [0.29, 0.717) is 25.2 Å². The summed E-state index contributed by atoms with van der Waals surface area (Å²) < 4.78 is 46.6. The van der Waals surface area contributed by atoms with Gasteiger partial charge < -0.3 is 14.2 Å². The molecule has 0 fully saturated rings. The molecule has 0 saturated carbocycles. The SMILES string of the molecule is COC=O.CSc1cc2c(cc1C)nc1n2CCN(c2ccc(Br)c(C(F)(F)F)c2)C1C(C)C. The van der Waals surface area contributed by atoms with Crippen molar-refractivity contribution >= 4 is 50.9 Å². The van der Waals surface area contributed by atoms with Crippen LogP contribution in [0.3, 0.4) is 0 Å². The number of imidazole rings is 1. The second-order valence-corrected chi connectivity index (χ2v) is 10.0. The lowest BCUT2D eigenvalue weighted by Gasteiger charge is -2.40. The highest BCUT2D eigenvalue weighted by molar-refractivity contribution is 9.10. The molecule has 1 aliphatic rings. The fourth-order valence-electron chi connectivity index (χ4n) is 4.30. The van der Waals surface area contributed by atoms with Crippen molar-refractivity contribution in [1.29, 1.82) is 0 Å². The molecule has 3 aromatic rings. The lowest BCUT2D eigenvalue weighted by Crippen LogP contribution is -2.41. The maximum atomic E-state index is 13.5. The van der Waals surface area contributed by atoms with Gasteiger partial charge >= 0.3 is 6.18 Å². The Labute approximate surface area is 209 Å². The van der Waals surface area contributed by atoms with Crippen LogP contribution in [0.25, 0.3) is 11.0 Å². The second kappa shape index (κ2) is 10.6. The number of thioether (sulfide) groups is 1. The van der Waals surface area contributed by atoms with Crippen LogP contribution < -0.4 is 4.90 Å². The highest BCUT2D eigenvalue weighted by Gasteiger charge is 2.37. The molecule has 34 heavy (non-hydrogen) atoms. The molecule has 0 saturated heterocycles.